The predicted molar refractivity (Wildman–Crippen MR) is 152 cm³/mol. The Kier molecular flexibility index (Phi) is 7.17. The monoisotopic (exact) mass is 599 g/mol. The molecule has 1 unspecified atom stereocenters. The van der Waals surface area contributed by atoms with Crippen LogP contribution in [0.2, 0.25) is 0 Å². The molecule has 4 aromatic rings. The summed E-state index contributed by atoms with van der Waals surface area (Å²) >= 11 is 1.20. The molecule has 0 radical (unpaired) electrons. The number of anilines is 1. The summed E-state index contributed by atoms with van der Waals surface area (Å²) < 4.78 is 66.3. The molecular weight excluding hydrogens is 574 g/mol. The van der Waals surface area contributed by atoms with Crippen molar-refractivity contribution in [3.05, 3.63) is 71.2 Å². The number of thioether (sulfide) groups is 1. The van der Waals surface area contributed by atoms with Crippen LogP contribution in [0.4, 0.5) is 23.4 Å². The van der Waals surface area contributed by atoms with Crippen LogP contribution in [0.25, 0.3) is 32.8 Å². The molecule has 0 saturated carbocycles. The van der Waals surface area contributed by atoms with E-state index in [4.69, 9.17) is 4.74 Å². The Balaban J connectivity index is 1.67. The molecule has 2 aromatic heterocycles. The molecule has 0 aliphatic carbocycles. The molecule has 1 fully saturated rings. The van der Waals surface area contributed by atoms with Gasteiger partial charge in [-0.05, 0) is 29.8 Å². The standard InChI is InChI=1S/C29H25F4N5O3S/c1-3-23(39)36-8-10-37(11-9-36)27-19-12-21(29(31,32)33)24(18-4-5-22(30)17-6-7-34-13-20(17)18)26-25(19)38(28(40)35-27)16(14-41-2)15-42-26/h3-7,12-13,16H,1,8-11,14-15H2,2H3. The number of hydrogen-bond acceptors (Lipinski definition) is 7. The lowest BCUT2D eigenvalue weighted by atomic mass is 9.93. The fourth-order valence-electron chi connectivity index (χ4n) is 5.78. The number of benzene rings is 2. The lowest BCUT2D eigenvalue weighted by Crippen LogP contribution is -2.49. The Morgan fingerprint density at radius 3 is 2.62 bits per heavy atom. The quantitative estimate of drug-likeness (QED) is 0.239. The molecule has 2 aliphatic heterocycles. The van der Waals surface area contributed by atoms with Gasteiger partial charge in [0.15, 0.2) is 0 Å². The third kappa shape index (κ3) is 4.60. The predicted octanol–water partition coefficient (Wildman–Crippen LogP) is 4.90. The van der Waals surface area contributed by atoms with Gasteiger partial charge in [-0.3, -0.25) is 14.3 Å². The van der Waals surface area contributed by atoms with E-state index in [1.807, 2.05) is 0 Å². The van der Waals surface area contributed by atoms with Gasteiger partial charge in [0.1, 0.15) is 11.6 Å². The van der Waals surface area contributed by atoms with Crippen molar-refractivity contribution in [1.29, 1.82) is 0 Å². The number of aromatic nitrogens is 3. The number of fused-ring (bicyclic) bond motifs is 1. The van der Waals surface area contributed by atoms with E-state index in [0.29, 0.717) is 18.6 Å². The summed E-state index contributed by atoms with van der Waals surface area (Å²) in [6.45, 7) is 4.80. The van der Waals surface area contributed by atoms with E-state index in [2.05, 4.69) is 16.5 Å². The number of pyridine rings is 1. The highest BCUT2D eigenvalue weighted by Crippen LogP contribution is 2.51. The maximum Gasteiger partial charge on any atom is 0.417 e. The highest BCUT2D eigenvalue weighted by atomic mass is 32.2. The molecule has 1 amide bonds. The minimum Gasteiger partial charge on any atom is -0.383 e. The average molecular weight is 600 g/mol. The maximum absolute atomic E-state index is 14.9. The number of ether oxygens (including phenoxy) is 1. The van der Waals surface area contributed by atoms with E-state index < -0.39 is 29.3 Å². The molecule has 6 rings (SSSR count). The van der Waals surface area contributed by atoms with E-state index in [-0.39, 0.29) is 69.4 Å². The van der Waals surface area contributed by atoms with Gasteiger partial charge in [-0.1, -0.05) is 12.6 Å². The Labute approximate surface area is 241 Å². The number of hydrogen-bond donors (Lipinski definition) is 0. The smallest absolute Gasteiger partial charge is 0.383 e. The van der Waals surface area contributed by atoms with Crippen LogP contribution in [-0.4, -0.2) is 71.0 Å². The van der Waals surface area contributed by atoms with Gasteiger partial charge in [0.25, 0.3) is 0 Å². The number of carbonyl (C=O) groups is 1. The Bertz CT molecular complexity index is 1800. The van der Waals surface area contributed by atoms with Crippen LogP contribution in [0.15, 0.2) is 59.0 Å². The normalized spacial score (nSPS) is 17.2. The lowest BCUT2D eigenvalue weighted by molar-refractivity contribution is -0.137. The van der Waals surface area contributed by atoms with Crippen molar-refractivity contribution in [3.8, 4) is 11.1 Å². The second kappa shape index (κ2) is 10.7. The number of carbonyl (C=O) groups excluding carboxylic acids is 1. The van der Waals surface area contributed by atoms with Crippen molar-refractivity contribution in [2.45, 2.75) is 17.1 Å². The first-order valence-electron chi connectivity index (χ1n) is 13.1. The minimum absolute atomic E-state index is 0.125. The SMILES string of the molecule is C=CC(=O)N1CCN(c2nc(=O)n3c4c(c(-c5ccc(F)c6ccncc56)c(C(F)(F)F)cc24)SCC3COC)CC1. The Morgan fingerprint density at radius 1 is 1.17 bits per heavy atom. The van der Waals surface area contributed by atoms with Gasteiger partial charge in [-0.2, -0.15) is 18.2 Å². The largest absolute Gasteiger partial charge is 0.417 e. The molecule has 0 bridgehead atoms. The first-order chi connectivity index (χ1) is 20.1. The Morgan fingerprint density at radius 2 is 1.93 bits per heavy atom. The van der Waals surface area contributed by atoms with Gasteiger partial charge in [0.05, 0.1) is 23.7 Å². The third-order valence-corrected chi connectivity index (χ3v) is 8.93. The molecule has 42 heavy (non-hydrogen) atoms. The van der Waals surface area contributed by atoms with Crippen LogP contribution < -0.4 is 10.6 Å². The van der Waals surface area contributed by atoms with Crippen molar-refractivity contribution in [1.82, 2.24) is 19.4 Å². The number of amides is 1. The van der Waals surface area contributed by atoms with Crippen LogP contribution in [0.5, 0.6) is 0 Å². The van der Waals surface area contributed by atoms with Crippen molar-refractivity contribution in [2.24, 2.45) is 0 Å². The maximum atomic E-state index is 14.9. The summed E-state index contributed by atoms with van der Waals surface area (Å²) in [4.78, 5) is 37.6. The molecule has 2 aromatic carbocycles. The van der Waals surface area contributed by atoms with Gasteiger partial charge in [0, 0.05) is 78.1 Å². The molecule has 8 nitrogen and oxygen atoms in total. The van der Waals surface area contributed by atoms with E-state index in [9.17, 15) is 27.2 Å². The van der Waals surface area contributed by atoms with E-state index >= 15 is 0 Å². The summed E-state index contributed by atoms with van der Waals surface area (Å²) in [5, 5.41) is 0.534. The minimum atomic E-state index is -4.79. The molecule has 0 N–H and O–H groups in total. The second-order valence-corrected chi connectivity index (χ2v) is 11.1. The fraction of sp³-hybridized carbons (Fsp3) is 0.310. The van der Waals surface area contributed by atoms with Crippen LogP contribution in [0.1, 0.15) is 11.6 Å². The van der Waals surface area contributed by atoms with Crippen LogP contribution >= 0.6 is 11.8 Å². The zero-order chi connectivity index (χ0) is 29.8. The number of nitrogens with zero attached hydrogens (tertiary/aromatic N) is 5. The molecule has 4 heterocycles. The molecular formula is C29H25F4N5O3S. The lowest BCUT2D eigenvalue weighted by Gasteiger charge is -2.37. The summed E-state index contributed by atoms with van der Waals surface area (Å²) in [6.07, 6.45) is -0.852. The second-order valence-electron chi connectivity index (χ2n) is 10.1. The first kappa shape index (κ1) is 28.2. The summed E-state index contributed by atoms with van der Waals surface area (Å²) in [6, 6.07) is 4.46. The van der Waals surface area contributed by atoms with E-state index in [0.717, 1.165) is 12.1 Å². The van der Waals surface area contributed by atoms with Gasteiger partial charge < -0.3 is 14.5 Å². The number of piperazine rings is 1. The average Bonchev–Trinajstić information content (AvgIpc) is 2.99. The number of methoxy groups -OCH3 is 1. The van der Waals surface area contributed by atoms with Crippen LogP contribution in [-0.2, 0) is 15.7 Å². The summed E-state index contributed by atoms with van der Waals surface area (Å²) in [7, 11) is 1.49. The van der Waals surface area contributed by atoms with Crippen molar-refractivity contribution in [3.63, 3.8) is 0 Å². The fourth-order valence-corrected chi connectivity index (χ4v) is 7.09. The number of halogens is 4. The van der Waals surface area contributed by atoms with Crippen LogP contribution in [0.3, 0.4) is 0 Å². The molecule has 13 heteroatoms. The van der Waals surface area contributed by atoms with E-state index in [1.165, 1.54) is 54.0 Å². The third-order valence-electron chi connectivity index (χ3n) is 7.69. The zero-order valence-electron chi connectivity index (χ0n) is 22.4. The highest BCUT2D eigenvalue weighted by molar-refractivity contribution is 7.99. The molecule has 1 saturated heterocycles. The topological polar surface area (TPSA) is 80.6 Å². The zero-order valence-corrected chi connectivity index (χ0v) is 23.3. The first-order valence-corrected chi connectivity index (χ1v) is 14.1. The molecule has 218 valence electrons. The van der Waals surface area contributed by atoms with Gasteiger partial charge in [-0.25, -0.2) is 9.18 Å². The van der Waals surface area contributed by atoms with Gasteiger partial charge in [0.2, 0.25) is 5.91 Å². The highest BCUT2D eigenvalue weighted by Gasteiger charge is 2.40. The van der Waals surface area contributed by atoms with Crippen molar-refractivity contribution in [2.75, 3.05) is 50.5 Å². The van der Waals surface area contributed by atoms with Crippen molar-refractivity contribution < 1.29 is 27.1 Å². The molecule has 0 spiro atoms. The Hall–Kier alpha value is -3.97. The number of rotatable bonds is 5. The summed E-state index contributed by atoms with van der Waals surface area (Å²) in [5.74, 6) is -0.433. The van der Waals surface area contributed by atoms with E-state index in [1.54, 1.807) is 9.80 Å². The summed E-state index contributed by atoms with van der Waals surface area (Å²) in [5.41, 5.74) is -1.19. The molecule has 1 atom stereocenters. The van der Waals surface area contributed by atoms with Crippen molar-refractivity contribution >= 4 is 45.2 Å². The molecule has 2 aliphatic rings. The number of alkyl halides is 3. The van der Waals surface area contributed by atoms with Gasteiger partial charge in [-0.15, -0.1) is 11.8 Å². The van der Waals surface area contributed by atoms with Gasteiger partial charge >= 0.3 is 11.9 Å². The van der Waals surface area contributed by atoms with Crippen LogP contribution in [0, 0.1) is 5.82 Å².